The minimum Gasteiger partial charge on any atom is -0.383 e. The van der Waals surface area contributed by atoms with Crippen molar-refractivity contribution in [3.8, 4) is 28.2 Å². The van der Waals surface area contributed by atoms with E-state index >= 15 is 0 Å². The average Bonchev–Trinajstić information content (AvgIpc) is 3.26. The van der Waals surface area contributed by atoms with Crippen molar-refractivity contribution in [1.29, 1.82) is 0 Å². The van der Waals surface area contributed by atoms with Crippen LogP contribution in [0.25, 0.3) is 28.2 Å². The van der Waals surface area contributed by atoms with Crippen LogP contribution < -0.4 is 5.73 Å². The molecule has 4 rings (SSSR count). The minimum absolute atomic E-state index is 0.579. The number of rotatable bonds is 3. The molecule has 0 bridgehead atoms. The Labute approximate surface area is 139 Å². The van der Waals surface area contributed by atoms with Crippen LogP contribution in [0.3, 0.4) is 0 Å². The van der Waals surface area contributed by atoms with Crippen molar-refractivity contribution in [2.24, 2.45) is 0 Å². The van der Waals surface area contributed by atoms with E-state index in [0.717, 1.165) is 27.9 Å². The molecule has 0 atom stereocenters. The van der Waals surface area contributed by atoms with Crippen LogP contribution in [0.1, 0.15) is 5.56 Å². The van der Waals surface area contributed by atoms with Crippen molar-refractivity contribution < 1.29 is 0 Å². The highest BCUT2D eigenvalue weighted by Gasteiger charge is 2.14. The highest BCUT2D eigenvalue weighted by molar-refractivity contribution is 5.75. The van der Waals surface area contributed by atoms with Gasteiger partial charge in [-0.15, -0.1) is 10.2 Å². The maximum Gasteiger partial charge on any atom is 0.161 e. The molecule has 117 valence electrons. The summed E-state index contributed by atoms with van der Waals surface area (Å²) in [5.41, 5.74) is 11.0. The van der Waals surface area contributed by atoms with Crippen LogP contribution in [0.5, 0.6) is 0 Å². The maximum atomic E-state index is 6.35. The number of aromatic amines is 1. The van der Waals surface area contributed by atoms with Crippen molar-refractivity contribution >= 4 is 5.82 Å². The second-order valence-corrected chi connectivity index (χ2v) is 5.47. The number of aromatic nitrogens is 5. The Balaban J connectivity index is 1.83. The maximum absolute atomic E-state index is 6.35. The summed E-state index contributed by atoms with van der Waals surface area (Å²) in [7, 11) is 0. The van der Waals surface area contributed by atoms with Gasteiger partial charge in [-0.2, -0.15) is 5.10 Å². The molecule has 6 heteroatoms. The van der Waals surface area contributed by atoms with Crippen LogP contribution in [-0.4, -0.2) is 25.0 Å². The van der Waals surface area contributed by atoms with E-state index in [1.165, 1.54) is 0 Å². The van der Waals surface area contributed by atoms with Gasteiger partial charge in [-0.3, -0.25) is 0 Å². The van der Waals surface area contributed by atoms with E-state index in [1.807, 2.05) is 49.4 Å². The van der Waals surface area contributed by atoms with Crippen LogP contribution in [0.4, 0.5) is 5.82 Å². The van der Waals surface area contributed by atoms with Crippen molar-refractivity contribution in [1.82, 2.24) is 25.0 Å². The van der Waals surface area contributed by atoms with Gasteiger partial charge in [0, 0.05) is 11.1 Å². The Hall–Kier alpha value is -3.41. The summed E-state index contributed by atoms with van der Waals surface area (Å²) >= 11 is 0. The summed E-state index contributed by atoms with van der Waals surface area (Å²) in [5, 5.41) is 12.4. The zero-order valence-electron chi connectivity index (χ0n) is 13.1. The molecule has 0 aliphatic carbocycles. The topological polar surface area (TPSA) is 85.4 Å². The van der Waals surface area contributed by atoms with Crippen LogP contribution in [0, 0.1) is 13.0 Å². The molecule has 0 fully saturated rings. The number of anilines is 1. The zero-order chi connectivity index (χ0) is 16.5. The zero-order valence-corrected chi connectivity index (χ0v) is 13.1. The van der Waals surface area contributed by atoms with Crippen molar-refractivity contribution in [3.63, 3.8) is 0 Å². The lowest BCUT2D eigenvalue weighted by Crippen LogP contribution is -2.04. The van der Waals surface area contributed by atoms with E-state index < -0.39 is 0 Å². The SMILES string of the molecule is Cc1ccc(-c2nnc[nH]2)cc1-n1ncc(-c2[c]cccc2)c1N. The number of H-pyrrole nitrogens is 1. The molecule has 2 aromatic carbocycles. The molecule has 0 saturated heterocycles. The predicted molar refractivity (Wildman–Crippen MR) is 92.4 cm³/mol. The fourth-order valence-corrected chi connectivity index (χ4v) is 2.65. The highest BCUT2D eigenvalue weighted by Crippen LogP contribution is 2.29. The largest absolute Gasteiger partial charge is 0.383 e. The van der Waals surface area contributed by atoms with E-state index in [9.17, 15) is 0 Å². The Morgan fingerprint density at radius 2 is 2.12 bits per heavy atom. The van der Waals surface area contributed by atoms with Gasteiger partial charge < -0.3 is 10.7 Å². The minimum atomic E-state index is 0.579. The molecule has 24 heavy (non-hydrogen) atoms. The van der Waals surface area contributed by atoms with Gasteiger partial charge in [-0.05, 0) is 30.2 Å². The smallest absolute Gasteiger partial charge is 0.161 e. The van der Waals surface area contributed by atoms with E-state index in [4.69, 9.17) is 5.73 Å². The second kappa shape index (κ2) is 5.66. The first-order chi connectivity index (χ1) is 11.7. The fraction of sp³-hybridized carbons (Fsp3) is 0.0556. The number of nitrogens with two attached hydrogens (primary N) is 1. The fourth-order valence-electron chi connectivity index (χ4n) is 2.65. The number of nitrogen functional groups attached to an aromatic ring is 1. The van der Waals surface area contributed by atoms with Crippen LogP contribution in [-0.2, 0) is 0 Å². The third-order valence-corrected chi connectivity index (χ3v) is 3.93. The summed E-state index contributed by atoms with van der Waals surface area (Å²) in [5.74, 6) is 1.29. The van der Waals surface area contributed by atoms with E-state index in [0.29, 0.717) is 11.6 Å². The normalized spacial score (nSPS) is 10.9. The molecule has 2 heterocycles. The number of benzene rings is 2. The first-order valence-electron chi connectivity index (χ1n) is 7.52. The molecule has 0 aliphatic heterocycles. The number of nitrogens with zero attached hydrogens (tertiary/aromatic N) is 4. The van der Waals surface area contributed by atoms with Gasteiger partial charge in [0.25, 0.3) is 0 Å². The third-order valence-electron chi connectivity index (χ3n) is 3.93. The number of nitrogens with one attached hydrogen (secondary N) is 1. The molecular weight excluding hydrogens is 300 g/mol. The molecule has 2 aromatic heterocycles. The average molecular weight is 315 g/mol. The van der Waals surface area contributed by atoms with Crippen LogP contribution in [0.2, 0.25) is 0 Å². The van der Waals surface area contributed by atoms with Gasteiger partial charge in [-0.25, -0.2) is 4.68 Å². The molecule has 6 nitrogen and oxygen atoms in total. The quantitative estimate of drug-likeness (QED) is 0.608. The third kappa shape index (κ3) is 2.34. The van der Waals surface area contributed by atoms with Gasteiger partial charge in [0.05, 0.1) is 11.9 Å². The lowest BCUT2D eigenvalue weighted by Gasteiger charge is -2.10. The Kier molecular flexibility index (Phi) is 3.35. The number of hydrogen-bond acceptors (Lipinski definition) is 4. The van der Waals surface area contributed by atoms with E-state index in [2.05, 4.69) is 26.3 Å². The Morgan fingerprint density at radius 1 is 1.21 bits per heavy atom. The lowest BCUT2D eigenvalue weighted by atomic mass is 10.1. The first-order valence-corrected chi connectivity index (χ1v) is 7.52. The molecular formula is C18H15N6. The van der Waals surface area contributed by atoms with Crippen molar-refractivity contribution in [2.75, 3.05) is 5.73 Å². The Morgan fingerprint density at radius 3 is 2.88 bits per heavy atom. The van der Waals surface area contributed by atoms with Gasteiger partial charge in [0.15, 0.2) is 5.82 Å². The molecule has 0 amide bonds. The molecule has 0 aliphatic rings. The molecule has 0 spiro atoms. The summed E-state index contributed by atoms with van der Waals surface area (Å²) in [6.45, 7) is 2.02. The molecule has 0 saturated carbocycles. The summed E-state index contributed by atoms with van der Waals surface area (Å²) in [6.07, 6.45) is 3.32. The van der Waals surface area contributed by atoms with Gasteiger partial charge in [0.2, 0.25) is 0 Å². The highest BCUT2D eigenvalue weighted by atomic mass is 15.3. The van der Waals surface area contributed by atoms with Crippen LogP contribution in [0.15, 0.2) is 55.0 Å². The lowest BCUT2D eigenvalue weighted by molar-refractivity contribution is 0.883. The number of aryl methyl sites for hydroxylation is 1. The monoisotopic (exact) mass is 315 g/mol. The molecule has 3 N–H and O–H groups in total. The molecule has 4 aromatic rings. The standard InChI is InChI=1S/C18H15N6/c1-12-7-8-14(18-20-11-21-23-18)9-16(12)24-17(19)15(10-22-24)13-5-3-2-4-6-13/h2-5,7-11H,19H2,1H3,(H,20,21,23). The van der Waals surface area contributed by atoms with Gasteiger partial charge >= 0.3 is 0 Å². The van der Waals surface area contributed by atoms with Gasteiger partial charge in [0.1, 0.15) is 12.1 Å². The summed E-state index contributed by atoms with van der Waals surface area (Å²) < 4.78 is 1.74. The Bertz CT molecular complexity index is 970. The molecule has 1 radical (unpaired) electrons. The molecule has 0 unspecified atom stereocenters. The van der Waals surface area contributed by atoms with Crippen molar-refractivity contribution in [2.45, 2.75) is 6.92 Å². The first kappa shape index (κ1) is 14.2. The summed E-state index contributed by atoms with van der Waals surface area (Å²) in [4.78, 5) is 3.01. The van der Waals surface area contributed by atoms with E-state index in [-0.39, 0.29) is 0 Å². The van der Waals surface area contributed by atoms with Crippen LogP contribution >= 0.6 is 0 Å². The van der Waals surface area contributed by atoms with Gasteiger partial charge in [-0.1, -0.05) is 36.4 Å². The predicted octanol–water partition coefficient (Wildman–Crippen LogP) is 3.02. The number of hydrogen-bond donors (Lipinski definition) is 2. The second-order valence-electron chi connectivity index (χ2n) is 5.47. The summed E-state index contributed by atoms with van der Waals surface area (Å²) in [6, 6.07) is 16.9. The van der Waals surface area contributed by atoms with E-state index in [1.54, 1.807) is 17.2 Å². The van der Waals surface area contributed by atoms with Crippen molar-refractivity contribution in [3.05, 3.63) is 66.6 Å².